The molecule has 1 aliphatic rings. The molecule has 31 heavy (non-hydrogen) atoms. The summed E-state index contributed by atoms with van der Waals surface area (Å²) in [5, 5.41) is 10.3. The molecule has 2 heterocycles. The Bertz CT molecular complexity index is 979. The van der Waals surface area contributed by atoms with Crippen LogP contribution in [0, 0.1) is 0 Å². The smallest absolute Gasteiger partial charge is 0.326 e. The molecular weight excluding hydrogens is 404 g/mol. The molecule has 11 heteroatoms. The highest BCUT2D eigenvalue weighted by atomic mass is 16.5. The molecule has 4 N–H and O–H groups in total. The number of carbonyl (C=O) groups is 3. The number of imide groups is 1. The molecule has 0 saturated carbocycles. The minimum Gasteiger partial charge on any atom is -0.475 e. The first-order valence-corrected chi connectivity index (χ1v) is 9.47. The van der Waals surface area contributed by atoms with E-state index in [1.54, 1.807) is 31.4 Å². The summed E-state index contributed by atoms with van der Waals surface area (Å²) in [7, 11) is 1.55. The van der Waals surface area contributed by atoms with Gasteiger partial charge in [0.15, 0.2) is 0 Å². The van der Waals surface area contributed by atoms with Crippen LogP contribution in [-0.2, 0) is 9.53 Å². The van der Waals surface area contributed by atoms with Crippen LogP contribution in [0.15, 0.2) is 42.1 Å². The Morgan fingerprint density at radius 2 is 1.90 bits per heavy atom. The van der Waals surface area contributed by atoms with Gasteiger partial charge in [0.1, 0.15) is 12.3 Å². The van der Waals surface area contributed by atoms with Crippen molar-refractivity contribution in [2.24, 2.45) is 0 Å². The lowest BCUT2D eigenvalue weighted by Gasteiger charge is -2.10. The lowest BCUT2D eigenvalue weighted by Crippen LogP contribution is -2.29. The first-order chi connectivity index (χ1) is 15.0. The number of hydrogen-bond donors (Lipinski definition) is 4. The second kappa shape index (κ2) is 10.7. The molecule has 0 atom stereocenters. The topological polar surface area (TPSA) is 144 Å². The Morgan fingerprint density at radius 3 is 2.61 bits per heavy atom. The average molecular weight is 426 g/mol. The van der Waals surface area contributed by atoms with Gasteiger partial charge in [0, 0.05) is 31.8 Å². The highest BCUT2D eigenvalue weighted by Gasteiger charge is 2.23. The molecule has 4 amide bonds. The second-order valence-corrected chi connectivity index (χ2v) is 6.31. The van der Waals surface area contributed by atoms with E-state index in [-0.39, 0.29) is 30.0 Å². The quantitative estimate of drug-likeness (QED) is 0.245. The van der Waals surface area contributed by atoms with E-state index in [1.807, 2.05) is 6.07 Å². The molecule has 3 rings (SSSR count). The number of amides is 4. The zero-order valence-electron chi connectivity index (χ0n) is 16.8. The third kappa shape index (κ3) is 6.51. The number of carbonyl (C=O) groups excluding carboxylic acids is 3. The summed E-state index contributed by atoms with van der Waals surface area (Å²) in [5.74, 6) is -0.239. The van der Waals surface area contributed by atoms with E-state index in [4.69, 9.17) is 9.47 Å². The van der Waals surface area contributed by atoms with E-state index in [2.05, 4.69) is 31.2 Å². The maximum atomic E-state index is 12.1. The zero-order valence-corrected chi connectivity index (χ0v) is 16.8. The number of aromatic nitrogens is 2. The summed E-state index contributed by atoms with van der Waals surface area (Å²) in [6.07, 6.45) is 1.41. The van der Waals surface area contributed by atoms with Gasteiger partial charge in [0.2, 0.25) is 11.8 Å². The van der Waals surface area contributed by atoms with Crippen LogP contribution in [0.4, 0.5) is 10.7 Å². The van der Waals surface area contributed by atoms with Crippen LogP contribution in [0.1, 0.15) is 16.1 Å². The summed E-state index contributed by atoms with van der Waals surface area (Å²) < 4.78 is 10.5. The van der Waals surface area contributed by atoms with Crippen molar-refractivity contribution in [3.05, 3.63) is 53.4 Å². The van der Waals surface area contributed by atoms with E-state index in [0.717, 1.165) is 0 Å². The molecule has 0 aliphatic carbocycles. The van der Waals surface area contributed by atoms with Crippen molar-refractivity contribution in [1.29, 1.82) is 0 Å². The van der Waals surface area contributed by atoms with Crippen LogP contribution >= 0.6 is 0 Å². The third-order valence-corrected chi connectivity index (χ3v) is 4.00. The van der Waals surface area contributed by atoms with Crippen molar-refractivity contribution >= 4 is 29.9 Å². The molecule has 1 aromatic carbocycles. The first-order valence-electron chi connectivity index (χ1n) is 9.47. The highest BCUT2D eigenvalue weighted by Crippen LogP contribution is 2.15. The molecule has 0 unspecified atom stereocenters. The minimum absolute atomic E-state index is 0.0626. The third-order valence-electron chi connectivity index (χ3n) is 4.00. The number of rotatable bonds is 10. The molecular formula is C20H22N6O5. The summed E-state index contributed by atoms with van der Waals surface area (Å²) in [4.78, 5) is 43.7. The molecule has 0 spiro atoms. The Hall–Kier alpha value is -3.99. The molecule has 2 aromatic rings. The average Bonchev–Trinajstić information content (AvgIpc) is 3.08. The number of ether oxygens (including phenoxy) is 2. The first kappa shape index (κ1) is 21.7. The summed E-state index contributed by atoms with van der Waals surface area (Å²) in [5.41, 5.74) is 0.983. The van der Waals surface area contributed by atoms with Crippen LogP contribution in [0.2, 0.25) is 0 Å². The molecule has 1 fully saturated rings. The maximum absolute atomic E-state index is 12.1. The molecule has 1 aromatic heterocycles. The van der Waals surface area contributed by atoms with Gasteiger partial charge in [0.25, 0.3) is 11.8 Å². The van der Waals surface area contributed by atoms with Crippen LogP contribution in [0.25, 0.3) is 6.08 Å². The SMILES string of the molecule is COCCOc1cc(/C=C2\NC(=O)NC2=O)nc(NCCNC(=O)c2ccccc2)n1. The van der Waals surface area contributed by atoms with Gasteiger partial charge in [-0.15, -0.1) is 0 Å². The summed E-state index contributed by atoms with van der Waals surface area (Å²) in [6.45, 7) is 1.33. The molecule has 11 nitrogen and oxygen atoms in total. The Balaban J connectivity index is 1.64. The van der Waals surface area contributed by atoms with Gasteiger partial charge >= 0.3 is 6.03 Å². The standard InChI is InChI=1S/C20H22N6O5/c1-30-9-10-31-16-12-14(11-15-18(28)26-20(29)24-15)23-19(25-16)22-8-7-21-17(27)13-5-3-2-4-6-13/h2-6,11-12H,7-10H2,1H3,(H,21,27)(H,22,23,25)(H2,24,26,28,29)/b15-11-. The van der Waals surface area contributed by atoms with Gasteiger partial charge in [-0.05, 0) is 18.2 Å². The number of hydrogen-bond acceptors (Lipinski definition) is 8. The van der Waals surface area contributed by atoms with Crippen LogP contribution in [0.5, 0.6) is 5.88 Å². The van der Waals surface area contributed by atoms with E-state index in [9.17, 15) is 14.4 Å². The number of urea groups is 1. The number of nitrogens with one attached hydrogen (secondary N) is 4. The zero-order chi connectivity index (χ0) is 22.1. The summed E-state index contributed by atoms with van der Waals surface area (Å²) >= 11 is 0. The predicted octanol–water partition coefficient (Wildman–Crippen LogP) is 0.524. The maximum Gasteiger partial charge on any atom is 0.326 e. The fourth-order valence-electron chi connectivity index (χ4n) is 2.57. The van der Waals surface area contributed by atoms with Crippen molar-refractivity contribution in [2.45, 2.75) is 0 Å². The number of anilines is 1. The molecule has 162 valence electrons. The van der Waals surface area contributed by atoms with Crippen molar-refractivity contribution in [3.8, 4) is 5.88 Å². The lowest BCUT2D eigenvalue weighted by atomic mass is 10.2. The number of methoxy groups -OCH3 is 1. The molecule has 0 bridgehead atoms. The molecule has 1 aliphatic heterocycles. The van der Waals surface area contributed by atoms with Gasteiger partial charge < -0.3 is 25.4 Å². The van der Waals surface area contributed by atoms with Gasteiger partial charge in [-0.2, -0.15) is 4.98 Å². The summed E-state index contributed by atoms with van der Waals surface area (Å²) in [6, 6.07) is 9.80. The van der Waals surface area contributed by atoms with Crippen LogP contribution in [0.3, 0.4) is 0 Å². The normalized spacial score (nSPS) is 14.2. The van der Waals surface area contributed by atoms with Gasteiger partial charge in [0.05, 0.1) is 12.3 Å². The lowest BCUT2D eigenvalue weighted by molar-refractivity contribution is -0.115. The number of nitrogens with zero attached hydrogens (tertiary/aromatic N) is 2. The van der Waals surface area contributed by atoms with E-state index in [1.165, 1.54) is 12.1 Å². The fraction of sp³-hybridized carbons (Fsp3) is 0.250. The fourth-order valence-corrected chi connectivity index (χ4v) is 2.57. The largest absolute Gasteiger partial charge is 0.475 e. The van der Waals surface area contributed by atoms with Crippen molar-refractivity contribution in [3.63, 3.8) is 0 Å². The molecule has 0 radical (unpaired) electrons. The Morgan fingerprint density at radius 1 is 1.10 bits per heavy atom. The number of benzene rings is 1. The van der Waals surface area contributed by atoms with Crippen molar-refractivity contribution in [2.75, 3.05) is 38.7 Å². The second-order valence-electron chi connectivity index (χ2n) is 6.31. The van der Waals surface area contributed by atoms with Gasteiger partial charge in [-0.25, -0.2) is 9.78 Å². The van der Waals surface area contributed by atoms with E-state index >= 15 is 0 Å². The van der Waals surface area contributed by atoms with Gasteiger partial charge in [-0.1, -0.05) is 18.2 Å². The van der Waals surface area contributed by atoms with Crippen LogP contribution in [-0.4, -0.2) is 61.2 Å². The predicted molar refractivity (Wildman–Crippen MR) is 111 cm³/mol. The minimum atomic E-state index is -0.602. The Labute approximate surface area is 178 Å². The monoisotopic (exact) mass is 426 g/mol. The molecule has 1 saturated heterocycles. The Kier molecular flexibility index (Phi) is 7.49. The van der Waals surface area contributed by atoms with Crippen LogP contribution < -0.4 is 26.0 Å². The highest BCUT2D eigenvalue weighted by molar-refractivity contribution is 6.13. The van der Waals surface area contributed by atoms with E-state index in [0.29, 0.717) is 31.0 Å². The van der Waals surface area contributed by atoms with Crippen molar-refractivity contribution < 1.29 is 23.9 Å². The van der Waals surface area contributed by atoms with E-state index < -0.39 is 11.9 Å². The van der Waals surface area contributed by atoms with Gasteiger partial charge in [-0.3, -0.25) is 14.9 Å². The van der Waals surface area contributed by atoms with Crippen molar-refractivity contribution in [1.82, 2.24) is 25.9 Å².